The lowest BCUT2D eigenvalue weighted by Crippen LogP contribution is -2.34. The first-order valence-corrected chi connectivity index (χ1v) is 5.49. The van der Waals surface area contributed by atoms with Crippen molar-refractivity contribution < 1.29 is 0 Å². The van der Waals surface area contributed by atoms with E-state index in [9.17, 15) is 0 Å². The van der Waals surface area contributed by atoms with Gasteiger partial charge < -0.3 is 5.32 Å². The maximum absolute atomic E-state index is 4.05. The molecule has 0 aromatic heterocycles. The van der Waals surface area contributed by atoms with Crippen LogP contribution in [0.4, 0.5) is 5.69 Å². The second-order valence-corrected chi connectivity index (χ2v) is 4.46. The summed E-state index contributed by atoms with van der Waals surface area (Å²) >= 11 is 0. The third kappa shape index (κ3) is 2.85. The standard InChI is InChI=1S/C14H21N/c1-6-14(5,11(2)3)15-13-9-7-12(4)8-10-13/h7-10,15H,2,6H2,1,3-5H3. The van der Waals surface area contributed by atoms with Crippen molar-refractivity contribution in [2.45, 2.75) is 39.7 Å². The lowest BCUT2D eigenvalue weighted by atomic mass is 9.91. The third-order valence-electron chi connectivity index (χ3n) is 3.12. The maximum atomic E-state index is 4.05. The molecule has 1 aromatic rings. The molecule has 15 heavy (non-hydrogen) atoms. The zero-order chi connectivity index (χ0) is 11.5. The predicted octanol–water partition coefficient (Wildman–Crippen LogP) is 4.15. The molecule has 1 unspecified atom stereocenters. The second-order valence-electron chi connectivity index (χ2n) is 4.46. The first-order valence-electron chi connectivity index (χ1n) is 5.49. The Bertz CT molecular complexity index is 337. The van der Waals surface area contributed by atoms with Gasteiger partial charge in [-0.1, -0.05) is 36.8 Å². The molecule has 1 aromatic carbocycles. The van der Waals surface area contributed by atoms with E-state index in [1.54, 1.807) is 0 Å². The summed E-state index contributed by atoms with van der Waals surface area (Å²) in [7, 11) is 0. The molecule has 1 heteroatoms. The van der Waals surface area contributed by atoms with E-state index < -0.39 is 0 Å². The van der Waals surface area contributed by atoms with E-state index in [1.807, 2.05) is 0 Å². The fourth-order valence-electron chi connectivity index (χ4n) is 1.45. The summed E-state index contributed by atoms with van der Waals surface area (Å²) in [4.78, 5) is 0. The van der Waals surface area contributed by atoms with E-state index in [1.165, 1.54) is 11.1 Å². The van der Waals surface area contributed by atoms with Crippen LogP contribution in [0, 0.1) is 6.92 Å². The van der Waals surface area contributed by atoms with Crippen LogP contribution in [0.3, 0.4) is 0 Å². The summed E-state index contributed by atoms with van der Waals surface area (Å²) in [5.41, 5.74) is 3.61. The van der Waals surface area contributed by atoms with E-state index >= 15 is 0 Å². The SMILES string of the molecule is C=C(C)C(C)(CC)Nc1ccc(C)cc1. The number of anilines is 1. The van der Waals surface area contributed by atoms with Gasteiger partial charge in [-0.2, -0.15) is 0 Å². The van der Waals surface area contributed by atoms with Crippen molar-refractivity contribution in [2.75, 3.05) is 5.32 Å². The largest absolute Gasteiger partial charge is 0.376 e. The minimum Gasteiger partial charge on any atom is -0.376 e. The Morgan fingerprint density at radius 2 is 1.87 bits per heavy atom. The second kappa shape index (κ2) is 4.52. The molecule has 0 heterocycles. The van der Waals surface area contributed by atoms with Crippen molar-refractivity contribution in [3.05, 3.63) is 42.0 Å². The van der Waals surface area contributed by atoms with E-state index in [0.717, 1.165) is 12.1 Å². The number of nitrogens with one attached hydrogen (secondary N) is 1. The maximum Gasteiger partial charge on any atom is 0.0549 e. The summed E-state index contributed by atoms with van der Waals surface area (Å²) < 4.78 is 0. The molecule has 0 spiro atoms. The Morgan fingerprint density at radius 3 is 2.27 bits per heavy atom. The Kier molecular flexibility index (Phi) is 3.57. The monoisotopic (exact) mass is 203 g/mol. The van der Waals surface area contributed by atoms with Crippen molar-refractivity contribution in [1.82, 2.24) is 0 Å². The fourth-order valence-corrected chi connectivity index (χ4v) is 1.45. The van der Waals surface area contributed by atoms with Gasteiger partial charge in [-0.3, -0.25) is 0 Å². The number of benzene rings is 1. The Labute approximate surface area is 93.2 Å². The molecule has 0 amide bonds. The highest BCUT2D eigenvalue weighted by atomic mass is 15.0. The van der Waals surface area contributed by atoms with Crippen molar-refractivity contribution in [1.29, 1.82) is 0 Å². The van der Waals surface area contributed by atoms with Crippen LogP contribution in [0.25, 0.3) is 0 Å². The quantitative estimate of drug-likeness (QED) is 0.725. The molecule has 0 bridgehead atoms. The summed E-state index contributed by atoms with van der Waals surface area (Å²) in [5, 5.41) is 3.53. The van der Waals surface area contributed by atoms with Crippen molar-refractivity contribution >= 4 is 5.69 Å². The molecule has 0 radical (unpaired) electrons. The zero-order valence-corrected chi connectivity index (χ0v) is 10.2. The van der Waals surface area contributed by atoms with Gasteiger partial charge >= 0.3 is 0 Å². The van der Waals surface area contributed by atoms with Crippen molar-refractivity contribution in [3.63, 3.8) is 0 Å². The van der Waals surface area contributed by atoms with E-state index in [2.05, 4.69) is 63.9 Å². The van der Waals surface area contributed by atoms with Crippen LogP contribution >= 0.6 is 0 Å². The molecule has 1 N–H and O–H groups in total. The van der Waals surface area contributed by atoms with E-state index in [4.69, 9.17) is 0 Å². The first-order chi connectivity index (χ1) is 6.98. The van der Waals surface area contributed by atoms with Gasteiger partial charge in [0.25, 0.3) is 0 Å². The van der Waals surface area contributed by atoms with Crippen LogP contribution in [0.5, 0.6) is 0 Å². The first kappa shape index (κ1) is 11.8. The van der Waals surface area contributed by atoms with Crippen LogP contribution in [0.2, 0.25) is 0 Å². The number of hydrogen-bond donors (Lipinski definition) is 1. The molecular formula is C14H21N. The van der Waals surface area contributed by atoms with Gasteiger partial charge in [-0.25, -0.2) is 0 Å². The average molecular weight is 203 g/mol. The highest BCUT2D eigenvalue weighted by molar-refractivity contribution is 5.48. The Balaban J connectivity index is 2.84. The average Bonchev–Trinajstić information content (AvgIpc) is 2.21. The number of hydrogen-bond acceptors (Lipinski definition) is 1. The molecule has 0 aliphatic carbocycles. The fraction of sp³-hybridized carbons (Fsp3) is 0.429. The third-order valence-corrected chi connectivity index (χ3v) is 3.12. The van der Waals surface area contributed by atoms with Crippen molar-refractivity contribution in [2.24, 2.45) is 0 Å². The summed E-state index contributed by atoms with van der Waals surface area (Å²) in [5.74, 6) is 0. The van der Waals surface area contributed by atoms with Gasteiger partial charge in [-0.15, -0.1) is 0 Å². The van der Waals surface area contributed by atoms with Crippen LogP contribution in [-0.2, 0) is 0 Å². The van der Waals surface area contributed by atoms with Crippen LogP contribution in [0.1, 0.15) is 32.8 Å². The lowest BCUT2D eigenvalue weighted by Gasteiger charge is -2.31. The number of rotatable bonds is 4. The molecular weight excluding hydrogens is 182 g/mol. The Morgan fingerprint density at radius 1 is 1.33 bits per heavy atom. The lowest BCUT2D eigenvalue weighted by molar-refractivity contribution is 0.578. The van der Waals surface area contributed by atoms with Gasteiger partial charge in [0.2, 0.25) is 0 Å². The van der Waals surface area contributed by atoms with Crippen LogP contribution in [0.15, 0.2) is 36.4 Å². The van der Waals surface area contributed by atoms with E-state index in [0.29, 0.717) is 0 Å². The molecule has 0 saturated carbocycles. The normalized spacial score (nSPS) is 14.4. The molecule has 0 aliphatic heterocycles. The molecule has 0 fully saturated rings. The topological polar surface area (TPSA) is 12.0 Å². The summed E-state index contributed by atoms with van der Waals surface area (Å²) in [6.07, 6.45) is 1.04. The Hall–Kier alpha value is -1.24. The minimum atomic E-state index is -0.00470. The molecule has 1 atom stereocenters. The van der Waals surface area contributed by atoms with Gasteiger partial charge in [0.1, 0.15) is 0 Å². The van der Waals surface area contributed by atoms with Crippen LogP contribution < -0.4 is 5.32 Å². The van der Waals surface area contributed by atoms with Crippen molar-refractivity contribution in [3.8, 4) is 0 Å². The number of aryl methyl sites for hydroxylation is 1. The summed E-state index contributed by atoms with van der Waals surface area (Å²) in [6, 6.07) is 8.48. The highest BCUT2D eigenvalue weighted by Crippen LogP contribution is 2.24. The molecule has 0 aliphatic rings. The molecule has 0 saturated heterocycles. The highest BCUT2D eigenvalue weighted by Gasteiger charge is 2.21. The van der Waals surface area contributed by atoms with Gasteiger partial charge in [0, 0.05) is 5.69 Å². The minimum absolute atomic E-state index is 0.00470. The van der Waals surface area contributed by atoms with Gasteiger partial charge in [0.05, 0.1) is 5.54 Å². The molecule has 1 nitrogen and oxygen atoms in total. The molecule has 1 rings (SSSR count). The van der Waals surface area contributed by atoms with Gasteiger partial charge in [0.15, 0.2) is 0 Å². The zero-order valence-electron chi connectivity index (χ0n) is 10.2. The molecule has 82 valence electrons. The summed E-state index contributed by atoms with van der Waals surface area (Å²) in [6.45, 7) is 12.6. The van der Waals surface area contributed by atoms with E-state index in [-0.39, 0.29) is 5.54 Å². The smallest absolute Gasteiger partial charge is 0.0549 e. The van der Waals surface area contributed by atoms with Crippen LogP contribution in [-0.4, -0.2) is 5.54 Å². The van der Waals surface area contributed by atoms with Gasteiger partial charge in [-0.05, 0) is 39.3 Å². The predicted molar refractivity (Wildman–Crippen MR) is 68.3 cm³/mol.